The van der Waals surface area contributed by atoms with Crippen molar-refractivity contribution in [1.29, 1.82) is 0 Å². The fraction of sp³-hybridized carbons (Fsp3) is 0.150. The molecular formula is C20H19N7O. The maximum atomic E-state index is 12.3. The van der Waals surface area contributed by atoms with E-state index in [1.807, 2.05) is 37.5 Å². The second-order valence-electron chi connectivity index (χ2n) is 6.37. The van der Waals surface area contributed by atoms with E-state index in [1.165, 1.54) is 0 Å². The molecule has 0 radical (unpaired) electrons. The molecule has 4 heterocycles. The minimum atomic E-state index is -0.174. The number of imidazole rings is 1. The number of nitrogens with one attached hydrogen (secondary N) is 2. The number of pyridine rings is 2. The van der Waals surface area contributed by atoms with Gasteiger partial charge in [0.2, 0.25) is 5.91 Å². The third kappa shape index (κ3) is 3.96. The first kappa shape index (κ1) is 17.6. The smallest absolute Gasteiger partial charge is 0.245 e. The zero-order chi connectivity index (χ0) is 19.3. The minimum absolute atomic E-state index is 0.114. The van der Waals surface area contributed by atoms with Crippen molar-refractivity contribution in [3.05, 3.63) is 73.3 Å². The van der Waals surface area contributed by atoms with Gasteiger partial charge in [-0.2, -0.15) is 0 Å². The lowest BCUT2D eigenvalue weighted by Crippen LogP contribution is -2.32. The third-order valence-electron chi connectivity index (χ3n) is 4.31. The Hall–Kier alpha value is -3.81. The second-order valence-corrected chi connectivity index (χ2v) is 6.37. The number of anilines is 1. The van der Waals surface area contributed by atoms with E-state index in [0.29, 0.717) is 5.82 Å². The molecule has 0 saturated carbocycles. The molecule has 28 heavy (non-hydrogen) atoms. The standard InChI is InChI=1S/C20H19N7O/c1-14-20(23-9-8-22-14)16-2-3-18(24-10-16)26-19(28)12-27-11-17(25-13-27)15-4-6-21-7-5-15/h2-11,13-14,22H,12H2,1H3,(H,24,26,28). The van der Waals surface area contributed by atoms with Gasteiger partial charge in [0.1, 0.15) is 12.4 Å². The summed E-state index contributed by atoms with van der Waals surface area (Å²) in [7, 11) is 0. The van der Waals surface area contributed by atoms with E-state index in [9.17, 15) is 4.79 Å². The summed E-state index contributed by atoms with van der Waals surface area (Å²) in [6, 6.07) is 7.54. The molecule has 0 aromatic carbocycles. The largest absolute Gasteiger partial charge is 0.382 e. The van der Waals surface area contributed by atoms with Crippen molar-refractivity contribution in [2.45, 2.75) is 19.5 Å². The molecule has 3 aromatic heterocycles. The zero-order valence-corrected chi connectivity index (χ0v) is 15.3. The number of carbonyl (C=O) groups excluding carboxylic acids is 1. The Morgan fingerprint density at radius 3 is 2.79 bits per heavy atom. The number of aromatic nitrogens is 4. The Morgan fingerprint density at radius 1 is 1.18 bits per heavy atom. The van der Waals surface area contributed by atoms with Crippen molar-refractivity contribution >= 4 is 17.4 Å². The molecule has 1 unspecified atom stereocenters. The molecule has 0 aliphatic carbocycles. The predicted octanol–water partition coefficient (Wildman–Crippen LogP) is 2.23. The molecule has 8 heteroatoms. The van der Waals surface area contributed by atoms with Crippen LogP contribution in [0.1, 0.15) is 12.5 Å². The number of hydrogen-bond donors (Lipinski definition) is 2. The van der Waals surface area contributed by atoms with Gasteiger partial charge < -0.3 is 15.2 Å². The molecule has 0 bridgehead atoms. The molecule has 1 atom stereocenters. The van der Waals surface area contributed by atoms with Crippen molar-refractivity contribution in [2.75, 3.05) is 5.32 Å². The van der Waals surface area contributed by atoms with Crippen LogP contribution in [0.2, 0.25) is 0 Å². The summed E-state index contributed by atoms with van der Waals surface area (Å²) < 4.78 is 1.73. The molecule has 0 saturated heterocycles. The average molecular weight is 373 g/mol. The van der Waals surface area contributed by atoms with Gasteiger partial charge in [-0.15, -0.1) is 0 Å². The summed E-state index contributed by atoms with van der Waals surface area (Å²) in [6.45, 7) is 2.18. The highest BCUT2D eigenvalue weighted by atomic mass is 16.2. The molecule has 8 nitrogen and oxygen atoms in total. The fourth-order valence-corrected chi connectivity index (χ4v) is 2.91. The van der Waals surface area contributed by atoms with Crippen LogP contribution in [0.25, 0.3) is 11.3 Å². The fourth-order valence-electron chi connectivity index (χ4n) is 2.91. The van der Waals surface area contributed by atoms with Gasteiger partial charge in [0.05, 0.1) is 23.8 Å². The lowest BCUT2D eigenvalue weighted by atomic mass is 10.1. The summed E-state index contributed by atoms with van der Waals surface area (Å²) in [4.78, 5) is 29.4. The van der Waals surface area contributed by atoms with E-state index >= 15 is 0 Å². The van der Waals surface area contributed by atoms with Crippen molar-refractivity contribution < 1.29 is 4.79 Å². The third-order valence-corrected chi connectivity index (χ3v) is 4.31. The van der Waals surface area contributed by atoms with Gasteiger partial charge in [0.25, 0.3) is 0 Å². The summed E-state index contributed by atoms with van der Waals surface area (Å²) in [6.07, 6.45) is 12.1. The van der Waals surface area contributed by atoms with E-state index in [0.717, 1.165) is 22.5 Å². The molecule has 2 N–H and O–H groups in total. The molecule has 4 rings (SSSR count). The van der Waals surface area contributed by atoms with Gasteiger partial charge in [-0.1, -0.05) is 0 Å². The topological polar surface area (TPSA) is 97.1 Å². The molecule has 0 spiro atoms. The lowest BCUT2D eigenvalue weighted by Gasteiger charge is -2.17. The number of rotatable bonds is 5. The number of aliphatic imine (C=N–C) groups is 1. The van der Waals surface area contributed by atoms with Crippen molar-refractivity contribution in [1.82, 2.24) is 24.8 Å². The van der Waals surface area contributed by atoms with Crippen LogP contribution >= 0.6 is 0 Å². The Kier molecular flexibility index (Phi) is 4.92. The zero-order valence-electron chi connectivity index (χ0n) is 15.3. The number of carbonyl (C=O) groups is 1. The molecule has 140 valence electrons. The van der Waals surface area contributed by atoms with Crippen LogP contribution in [0.5, 0.6) is 0 Å². The number of nitrogens with zero attached hydrogens (tertiary/aromatic N) is 5. The number of amides is 1. The Bertz CT molecular complexity index is 1020. The van der Waals surface area contributed by atoms with Crippen molar-refractivity contribution in [3.8, 4) is 11.3 Å². The monoisotopic (exact) mass is 373 g/mol. The van der Waals surface area contributed by atoms with Crippen molar-refractivity contribution in [3.63, 3.8) is 0 Å². The summed E-state index contributed by atoms with van der Waals surface area (Å²) in [5, 5.41) is 6.00. The Labute approximate surface area is 162 Å². The van der Waals surface area contributed by atoms with Crippen LogP contribution in [-0.4, -0.2) is 37.2 Å². The molecule has 1 aliphatic rings. The average Bonchev–Trinajstić information content (AvgIpc) is 3.18. The minimum Gasteiger partial charge on any atom is -0.382 e. The number of hydrogen-bond acceptors (Lipinski definition) is 6. The van der Waals surface area contributed by atoms with E-state index in [-0.39, 0.29) is 18.5 Å². The maximum absolute atomic E-state index is 12.3. The van der Waals surface area contributed by atoms with Crippen LogP contribution in [-0.2, 0) is 11.3 Å². The van der Waals surface area contributed by atoms with E-state index in [1.54, 1.807) is 41.8 Å². The van der Waals surface area contributed by atoms with Crippen LogP contribution in [0, 0.1) is 0 Å². The van der Waals surface area contributed by atoms with E-state index < -0.39 is 0 Å². The lowest BCUT2D eigenvalue weighted by molar-refractivity contribution is -0.116. The van der Waals surface area contributed by atoms with Gasteiger partial charge in [0, 0.05) is 48.3 Å². The quantitative estimate of drug-likeness (QED) is 0.715. The highest BCUT2D eigenvalue weighted by Gasteiger charge is 2.14. The molecule has 1 aliphatic heterocycles. The van der Waals surface area contributed by atoms with Gasteiger partial charge in [-0.3, -0.25) is 14.8 Å². The van der Waals surface area contributed by atoms with E-state index in [2.05, 4.69) is 30.6 Å². The highest BCUT2D eigenvalue weighted by Crippen LogP contribution is 2.15. The van der Waals surface area contributed by atoms with Crippen LogP contribution in [0.3, 0.4) is 0 Å². The summed E-state index contributed by atoms with van der Waals surface area (Å²) in [5.41, 5.74) is 3.58. The van der Waals surface area contributed by atoms with Crippen LogP contribution in [0.4, 0.5) is 5.82 Å². The summed E-state index contributed by atoms with van der Waals surface area (Å²) >= 11 is 0. The maximum Gasteiger partial charge on any atom is 0.245 e. The van der Waals surface area contributed by atoms with Gasteiger partial charge in [-0.25, -0.2) is 9.97 Å². The molecule has 3 aromatic rings. The molecule has 1 amide bonds. The van der Waals surface area contributed by atoms with Crippen LogP contribution in [0.15, 0.2) is 72.8 Å². The first-order valence-electron chi connectivity index (χ1n) is 8.86. The summed E-state index contributed by atoms with van der Waals surface area (Å²) in [5.74, 6) is 0.322. The normalized spacial score (nSPS) is 15.6. The molecule has 0 fully saturated rings. The first-order valence-corrected chi connectivity index (χ1v) is 8.86. The van der Waals surface area contributed by atoms with Gasteiger partial charge >= 0.3 is 0 Å². The Morgan fingerprint density at radius 2 is 2.04 bits per heavy atom. The highest BCUT2D eigenvalue weighted by molar-refractivity contribution is 6.05. The molecular weight excluding hydrogens is 354 g/mol. The van der Waals surface area contributed by atoms with Gasteiger partial charge in [-0.05, 0) is 31.2 Å². The SMILES string of the molecule is CC1NC=CN=C1c1ccc(NC(=O)Cn2cnc(-c3ccncc3)c2)nc1. The van der Waals surface area contributed by atoms with Crippen molar-refractivity contribution in [2.24, 2.45) is 4.99 Å². The predicted molar refractivity (Wildman–Crippen MR) is 107 cm³/mol. The van der Waals surface area contributed by atoms with Crippen LogP contribution < -0.4 is 10.6 Å². The van der Waals surface area contributed by atoms with Gasteiger partial charge in [0.15, 0.2) is 0 Å². The first-order chi connectivity index (χ1) is 13.7. The Balaban J connectivity index is 1.38. The van der Waals surface area contributed by atoms with E-state index in [4.69, 9.17) is 0 Å². The second kappa shape index (κ2) is 7.83.